The number of rotatable bonds is 4. The van der Waals surface area contributed by atoms with Gasteiger partial charge in [0.15, 0.2) is 0 Å². The Morgan fingerprint density at radius 3 is 2.70 bits per heavy atom. The zero-order chi connectivity index (χ0) is 14.5. The van der Waals surface area contributed by atoms with Crippen molar-refractivity contribution >= 4 is 33.3 Å². The number of benzene rings is 1. The predicted molar refractivity (Wildman–Crippen MR) is 82.9 cm³/mol. The van der Waals surface area contributed by atoms with Crippen molar-refractivity contribution < 1.29 is 4.79 Å². The molecule has 5 nitrogen and oxygen atoms in total. The van der Waals surface area contributed by atoms with E-state index in [1.54, 1.807) is 6.07 Å². The highest BCUT2D eigenvalue weighted by Gasteiger charge is 2.10. The van der Waals surface area contributed by atoms with Gasteiger partial charge in [0.25, 0.3) is 5.91 Å². The Kier molecular flexibility index (Phi) is 4.68. The topological polar surface area (TPSA) is 66.9 Å². The van der Waals surface area contributed by atoms with Crippen molar-refractivity contribution in [3.05, 3.63) is 46.8 Å². The monoisotopic (exact) mass is 334 g/mol. The molecule has 0 unspecified atom stereocenters. The summed E-state index contributed by atoms with van der Waals surface area (Å²) in [5.74, 6) is 0.360. The first kappa shape index (κ1) is 14.5. The maximum Gasteiger partial charge on any atom is 0.274 e. The maximum absolute atomic E-state index is 12.2. The summed E-state index contributed by atoms with van der Waals surface area (Å²) in [4.78, 5) is 20.2. The van der Waals surface area contributed by atoms with E-state index in [4.69, 9.17) is 0 Å². The lowest BCUT2D eigenvalue weighted by Gasteiger charge is -2.10. The standard InChI is InChI=1S/C14H15BrN4O/c1-9(2)18-13-7-12(16-8-17-13)14(20)19-11-6-4-3-5-10(11)15/h3-9H,1-2H3,(H,19,20)(H,16,17,18). The summed E-state index contributed by atoms with van der Waals surface area (Å²) in [6, 6.07) is 9.29. The first-order valence-electron chi connectivity index (χ1n) is 6.20. The minimum absolute atomic E-state index is 0.240. The number of carbonyl (C=O) groups is 1. The van der Waals surface area contributed by atoms with Gasteiger partial charge in [-0.15, -0.1) is 0 Å². The van der Waals surface area contributed by atoms with E-state index in [-0.39, 0.29) is 11.9 Å². The molecule has 1 aromatic heterocycles. The van der Waals surface area contributed by atoms with E-state index in [0.29, 0.717) is 17.2 Å². The van der Waals surface area contributed by atoms with E-state index in [9.17, 15) is 4.79 Å². The van der Waals surface area contributed by atoms with Crippen LogP contribution in [-0.2, 0) is 0 Å². The minimum Gasteiger partial charge on any atom is -0.368 e. The van der Waals surface area contributed by atoms with E-state index < -0.39 is 0 Å². The fraction of sp³-hybridized carbons (Fsp3) is 0.214. The molecule has 0 saturated heterocycles. The number of halogens is 1. The molecule has 20 heavy (non-hydrogen) atoms. The summed E-state index contributed by atoms with van der Waals surface area (Å²) in [7, 11) is 0. The number of nitrogens with one attached hydrogen (secondary N) is 2. The third-order valence-electron chi connectivity index (χ3n) is 2.46. The number of amides is 1. The molecule has 0 spiro atoms. The number of aromatic nitrogens is 2. The lowest BCUT2D eigenvalue weighted by Crippen LogP contribution is -2.16. The van der Waals surface area contributed by atoms with Crippen LogP contribution >= 0.6 is 15.9 Å². The summed E-state index contributed by atoms with van der Waals surface area (Å²) in [6.45, 7) is 4.01. The number of hydrogen-bond donors (Lipinski definition) is 2. The van der Waals surface area contributed by atoms with Crippen LogP contribution in [-0.4, -0.2) is 21.9 Å². The number of carbonyl (C=O) groups excluding carboxylic acids is 1. The summed E-state index contributed by atoms with van der Waals surface area (Å²) >= 11 is 3.38. The summed E-state index contributed by atoms with van der Waals surface area (Å²) in [5.41, 5.74) is 1.02. The molecule has 0 saturated carbocycles. The fourth-order valence-electron chi connectivity index (χ4n) is 1.61. The van der Waals surface area contributed by atoms with Crippen LogP contribution in [0, 0.1) is 0 Å². The Labute approximate surface area is 126 Å². The van der Waals surface area contributed by atoms with Crippen LogP contribution in [0.5, 0.6) is 0 Å². The van der Waals surface area contributed by atoms with E-state index in [2.05, 4.69) is 36.5 Å². The van der Waals surface area contributed by atoms with Gasteiger partial charge in [-0.25, -0.2) is 9.97 Å². The predicted octanol–water partition coefficient (Wildman–Crippen LogP) is 3.31. The fourth-order valence-corrected chi connectivity index (χ4v) is 1.99. The molecule has 6 heteroatoms. The third-order valence-corrected chi connectivity index (χ3v) is 3.15. The molecule has 2 N–H and O–H groups in total. The van der Waals surface area contributed by atoms with Gasteiger partial charge >= 0.3 is 0 Å². The van der Waals surface area contributed by atoms with Gasteiger partial charge in [0.05, 0.1) is 5.69 Å². The van der Waals surface area contributed by atoms with Gasteiger partial charge in [0.1, 0.15) is 17.8 Å². The smallest absolute Gasteiger partial charge is 0.274 e. The van der Waals surface area contributed by atoms with E-state index in [1.807, 2.05) is 38.1 Å². The van der Waals surface area contributed by atoms with Crippen LogP contribution in [0.4, 0.5) is 11.5 Å². The average molecular weight is 335 g/mol. The Hall–Kier alpha value is -1.95. The highest BCUT2D eigenvalue weighted by atomic mass is 79.9. The molecule has 0 aliphatic rings. The summed E-state index contributed by atoms with van der Waals surface area (Å²) in [5, 5.41) is 5.94. The zero-order valence-corrected chi connectivity index (χ0v) is 12.8. The van der Waals surface area contributed by atoms with Gasteiger partial charge in [0.2, 0.25) is 0 Å². The van der Waals surface area contributed by atoms with Crippen LogP contribution in [0.25, 0.3) is 0 Å². The van der Waals surface area contributed by atoms with Crippen molar-refractivity contribution in [3.8, 4) is 0 Å². The van der Waals surface area contributed by atoms with Crippen LogP contribution in [0.3, 0.4) is 0 Å². The first-order chi connectivity index (χ1) is 9.56. The van der Waals surface area contributed by atoms with Crippen LogP contribution in [0.1, 0.15) is 24.3 Å². The molecular formula is C14H15BrN4O. The van der Waals surface area contributed by atoms with Crippen molar-refractivity contribution in [2.45, 2.75) is 19.9 Å². The summed E-state index contributed by atoms with van der Waals surface area (Å²) < 4.78 is 0.822. The van der Waals surface area contributed by atoms with Crippen LogP contribution in [0.15, 0.2) is 41.1 Å². The quantitative estimate of drug-likeness (QED) is 0.900. The lowest BCUT2D eigenvalue weighted by atomic mass is 10.3. The summed E-state index contributed by atoms with van der Waals surface area (Å²) in [6.07, 6.45) is 1.37. The number of anilines is 2. The molecule has 1 heterocycles. The largest absolute Gasteiger partial charge is 0.368 e. The molecule has 0 aliphatic heterocycles. The molecule has 0 radical (unpaired) electrons. The lowest BCUT2D eigenvalue weighted by molar-refractivity contribution is 0.102. The second kappa shape index (κ2) is 6.47. The van der Waals surface area contributed by atoms with E-state index in [1.165, 1.54) is 6.33 Å². The first-order valence-corrected chi connectivity index (χ1v) is 7.00. The molecule has 2 rings (SSSR count). The van der Waals surface area contributed by atoms with Gasteiger partial charge in [-0.3, -0.25) is 4.79 Å². The van der Waals surface area contributed by atoms with Gasteiger partial charge in [-0.2, -0.15) is 0 Å². The number of nitrogens with zero attached hydrogens (tertiary/aromatic N) is 2. The van der Waals surface area contributed by atoms with Crippen molar-refractivity contribution in [2.75, 3.05) is 10.6 Å². The van der Waals surface area contributed by atoms with Crippen molar-refractivity contribution in [1.29, 1.82) is 0 Å². The van der Waals surface area contributed by atoms with Gasteiger partial charge in [0, 0.05) is 16.6 Å². The molecule has 0 bridgehead atoms. The Morgan fingerprint density at radius 1 is 1.25 bits per heavy atom. The maximum atomic E-state index is 12.2. The Bertz CT molecular complexity index is 616. The van der Waals surface area contributed by atoms with Gasteiger partial charge < -0.3 is 10.6 Å². The highest BCUT2D eigenvalue weighted by molar-refractivity contribution is 9.10. The SMILES string of the molecule is CC(C)Nc1cc(C(=O)Nc2ccccc2Br)ncn1. The Morgan fingerprint density at radius 2 is 2.00 bits per heavy atom. The van der Waals surface area contributed by atoms with E-state index in [0.717, 1.165) is 4.47 Å². The highest BCUT2D eigenvalue weighted by Crippen LogP contribution is 2.21. The molecule has 2 aromatic rings. The van der Waals surface area contributed by atoms with Gasteiger partial charge in [-0.1, -0.05) is 12.1 Å². The molecule has 0 fully saturated rings. The normalized spacial score (nSPS) is 10.4. The third kappa shape index (κ3) is 3.77. The second-order valence-electron chi connectivity index (χ2n) is 4.52. The van der Waals surface area contributed by atoms with Crippen molar-refractivity contribution in [1.82, 2.24) is 9.97 Å². The average Bonchev–Trinajstić information content (AvgIpc) is 2.41. The number of para-hydroxylation sites is 1. The second-order valence-corrected chi connectivity index (χ2v) is 5.38. The number of hydrogen-bond acceptors (Lipinski definition) is 4. The Balaban J connectivity index is 2.15. The van der Waals surface area contributed by atoms with Crippen LogP contribution < -0.4 is 10.6 Å². The minimum atomic E-state index is -0.272. The van der Waals surface area contributed by atoms with E-state index >= 15 is 0 Å². The molecule has 1 aromatic carbocycles. The van der Waals surface area contributed by atoms with Crippen molar-refractivity contribution in [2.24, 2.45) is 0 Å². The molecule has 0 aliphatic carbocycles. The van der Waals surface area contributed by atoms with Gasteiger partial charge in [-0.05, 0) is 41.9 Å². The molecule has 104 valence electrons. The molecular weight excluding hydrogens is 320 g/mol. The molecule has 1 amide bonds. The zero-order valence-electron chi connectivity index (χ0n) is 11.2. The van der Waals surface area contributed by atoms with Crippen molar-refractivity contribution in [3.63, 3.8) is 0 Å². The van der Waals surface area contributed by atoms with Crippen LogP contribution in [0.2, 0.25) is 0 Å². The molecule has 0 atom stereocenters.